The summed E-state index contributed by atoms with van der Waals surface area (Å²) >= 11 is 0. The molecule has 2 aromatic carbocycles. The number of hydrazine groups is 1. The Labute approximate surface area is 195 Å². The van der Waals surface area contributed by atoms with Crippen LogP contribution in [0, 0.1) is 17.0 Å². The summed E-state index contributed by atoms with van der Waals surface area (Å²) in [6.45, 7) is 2.19. The molecule has 0 aliphatic heterocycles. The van der Waals surface area contributed by atoms with Gasteiger partial charge in [-0.05, 0) is 36.8 Å². The van der Waals surface area contributed by atoms with Gasteiger partial charge in [0.1, 0.15) is 12.1 Å². The van der Waals surface area contributed by atoms with Gasteiger partial charge in [-0.25, -0.2) is 15.0 Å². The number of nitrogens with zero attached hydrogens (tertiary/aromatic N) is 5. The van der Waals surface area contributed by atoms with Gasteiger partial charge < -0.3 is 4.90 Å². The molecule has 10 heteroatoms. The van der Waals surface area contributed by atoms with Gasteiger partial charge in [0.2, 0.25) is 11.6 Å². The van der Waals surface area contributed by atoms with Crippen molar-refractivity contribution >= 4 is 29.0 Å². The van der Waals surface area contributed by atoms with Gasteiger partial charge in [0, 0.05) is 11.8 Å². The number of rotatable bonds is 8. The molecule has 0 spiro atoms. The molecule has 0 saturated heterocycles. The van der Waals surface area contributed by atoms with Crippen LogP contribution in [-0.2, 0) is 6.54 Å². The highest BCUT2D eigenvalue weighted by atomic mass is 16.6. The number of hydrogen-bond acceptors (Lipinski definition) is 8. The van der Waals surface area contributed by atoms with Crippen LogP contribution in [0.4, 0.5) is 23.1 Å². The van der Waals surface area contributed by atoms with Crippen molar-refractivity contribution in [2.75, 3.05) is 10.3 Å². The molecule has 0 aliphatic carbocycles. The highest BCUT2D eigenvalue weighted by Gasteiger charge is 2.29. The van der Waals surface area contributed by atoms with Gasteiger partial charge in [-0.1, -0.05) is 54.1 Å². The van der Waals surface area contributed by atoms with Crippen LogP contribution in [0.1, 0.15) is 21.5 Å². The molecule has 1 amide bonds. The van der Waals surface area contributed by atoms with E-state index in [0.717, 1.165) is 11.1 Å². The van der Waals surface area contributed by atoms with E-state index in [-0.39, 0.29) is 18.2 Å². The summed E-state index contributed by atoms with van der Waals surface area (Å²) in [6.07, 6.45) is 2.80. The number of carbonyl (C=O) groups is 1. The third-order valence-corrected chi connectivity index (χ3v) is 4.96. The van der Waals surface area contributed by atoms with E-state index in [2.05, 4.69) is 25.8 Å². The fraction of sp³-hybridized carbons (Fsp3) is 0.0833. The van der Waals surface area contributed by atoms with Crippen LogP contribution in [0.2, 0.25) is 0 Å². The number of aryl methyl sites for hydroxylation is 1. The van der Waals surface area contributed by atoms with Gasteiger partial charge in [0.15, 0.2) is 0 Å². The summed E-state index contributed by atoms with van der Waals surface area (Å²) in [7, 11) is 0. The molecule has 4 rings (SSSR count). The van der Waals surface area contributed by atoms with Gasteiger partial charge in [-0.3, -0.25) is 25.8 Å². The Morgan fingerprint density at radius 2 is 1.71 bits per heavy atom. The summed E-state index contributed by atoms with van der Waals surface area (Å²) in [6, 6.07) is 21.7. The minimum Gasteiger partial charge on any atom is -0.301 e. The number of hydrogen-bond donors (Lipinski definition) is 2. The molecule has 2 aromatic heterocycles. The van der Waals surface area contributed by atoms with Gasteiger partial charge in [-0.15, -0.1) is 0 Å². The number of anilines is 3. The van der Waals surface area contributed by atoms with E-state index >= 15 is 0 Å². The minimum absolute atomic E-state index is 0.0367. The Balaban J connectivity index is 1.68. The Bertz CT molecular complexity index is 1280. The number of nitro groups is 1. The lowest BCUT2D eigenvalue weighted by Crippen LogP contribution is -2.30. The third-order valence-electron chi connectivity index (χ3n) is 4.96. The van der Waals surface area contributed by atoms with Crippen molar-refractivity contribution in [3.8, 4) is 0 Å². The molecule has 0 radical (unpaired) electrons. The third kappa shape index (κ3) is 5.13. The van der Waals surface area contributed by atoms with E-state index in [4.69, 9.17) is 0 Å². The van der Waals surface area contributed by atoms with Crippen molar-refractivity contribution in [2.24, 2.45) is 0 Å². The molecular formula is C24H21N7O3. The molecule has 2 heterocycles. The molecule has 0 fully saturated rings. The van der Waals surface area contributed by atoms with Crippen molar-refractivity contribution in [3.63, 3.8) is 0 Å². The van der Waals surface area contributed by atoms with Crippen molar-refractivity contribution < 1.29 is 9.72 Å². The maximum absolute atomic E-state index is 12.5. The topological polar surface area (TPSA) is 126 Å². The van der Waals surface area contributed by atoms with Crippen LogP contribution >= 0.6 is 0 Å². The molecule has 0 aliphatic rings. The first-order chi connectivity index (χ1) is 16.5. The molecule has 0 atom stereocenters. The summed E-state index contributed by atoms with van der Waals surface area (Å²) < 4.78 is 0. The molecule has 2 N–H and O–H groups in total. The van der Waals surface area contributed by atoms with Crippen LogP contribution in [0.15, 0.2) is 85.3 Å². The van der Waals surface area contributed by atoms with Crippen molar-refractivity contribution in [3.05, 3.63) is 112 Å². The second-order valence-electron chi connectivity index (χ2n) is 7.36. The van der Waals surface area contributed by atoms with Crippen molar-refractivity contribution in [2.45, 2.75) is 13.5 Å². The normalized spacial score (nSPS) is 10.4. The number of carbonyl (C=O) groups excluding carboxylic acids is 1. The van der Waals surface area contributed by atoms with E-state index in [0.29, 0.717) is 11.4 Å². The quantitative estimate of drug-likeness (QED) is 0.299. The summed E-state index contributed by atoms with van der Waals surface area (Å²) in [5.41, 5.74) is 6.96. The second-order valence-corrected chi connectivity index (χ2v) is 7.36. The van der Waals surface area contributed by atoms with Gasteiger partial charge in [-0.2, -0.15) is 0 Å². The number of amides is 1. The summed E-state index contributed by atoms with van der Waals surface area (Å²) in [5, 5.41) is 12.1. The Hall–Kier alpha value is -4.86. The number of nitrogens with one attached hydrogen (secondary N) is 2. The largest absolute Gasteiger partial charge is 0.355 e. The SMILES string of the molecule is Cc1ccc(C(=O)NNc2ncnc(N(Cc3ccccc3)c3ccccn3)c2[N+](=O)[O-])cc1. The zero-order valence-electron chi connectivity index (χ0n) is 18.3. The lowest BCUT2D eigenvalue weighted by atomic mass is 10.1. The monoisotopic (exact) mass is 455 g/mol. The maximum atomic E-state index is 12.5. The zero-order chi connectivity index (χ0) is 23.9. The second kappa shape index (κ2) is 10.2. The van der Waals surface area contributed by atoms with E-state index in [1.54, 1.807) is 53.6 Å². The first-order valence-corrected chi connectivity index (χ1v) is 10.4. The van der Waals surface area contributed by atoms with E-state index < -0.39 is 16.5 Å². The van der Waals surface area contributed by atoms with Gasteiger partial charge in [0.25, 0.3) is 5.91 Å². The number of aromatic nitrogens is 3. The highest BCUT2D eigenvalue weighted by Crippen LogP contribution is 2.35. The molecule has 34 heavy (non-hydrogen) atoms. The minimum atomic E-state index is -0.587. The van der Waals surface area contributed by atoms with Crippen LogP contribution < -0.4 is 15.8 Å². The first-order valence-electron chi connectivity index (χ1n) is 10.4. The highest BCUT2D eigenvalue weighted by molar-refractivity contribution is 5.95. The number of benzene rings is 2. The standard InChI is InChI=1S/C24H21N7O3/c1-17-10-12-19(13-11-17)24(32)29-28-22-21(31(33)34)23(27-16-26-22)30(20-9-5-6-14-25-20)15-18-7-3-2-4-8-18/h2-14,16H,15H2,1H3,(H,29,32)(H,26,27,28). The van der Waals surface area contributed by atoms with Crippen LogP contribution in [0.25, 0.3) is 0 Å². The predicted octanol–water partition coefficient (Wildman–Crippen LogP) is 4.18. The number of pyridine rings is 1. The van der Waals surface area contributed by atoms with E-state index in [1.807, 2.05) is 37.3 Å². The average Bonchev–Trinajstić information content (AvgIpc) is 2.87. The maximum Gasteiger partial charge on any atom is 0.355 e. The smallest absolute Gasteiger partial charge is 0.301 e. The Morgan fingerprint density at radius 1 is 0.971 bits per heavy atom. The molecule has 170 valence electrons. The predicted molar refractivity (Wildman–Crippen MR) is 127 cm³/mol. The Kier molecular flexibility index (Phi) is 6.68. The van der Waals surface area contributed by atoms with Crippen molar-refractivity contribution in [1.82, 2.24) is 20.4 Å². The average molecular weight is 455 g/mol. The molecular weight excluding hydrogens is 434 g/mol. The molecule has 0 unspecified atom stereocenters. The molecule has 10 nitrogen and oxygen atoms in total. The summed E-state index contributed by atoms with van der Waals surface area (Å²) in [4.78, 5) is 38.2. The van der Waals surface area contributed by atoms with E-state index in [1.165, 1.54) is 6.33 Å². The van der Waals surface area contributed by atoms with Crippen LogP contribution in [-0.4, -0.2) is 25.8 Å². The van der Waals surface area contributed by atoms with Crippen molar-refractivity contribution in [1.29, 1.82) is 0 Å². The zero-order valence-corrected chi connectivity index (χ0v) is 18.3. The Morgan fingerprint density at radius 3 is 2.38 bits per heavy atom. The van der Waals surface area contributed by atoms with Crippen LogP contribution in [0.3, 0.4) is 0 Å². The van der Waals surface area contributed by atoms with Gasteiger partial charge in [0.05, 0.1) is 11.5 Å². The van der Waals surface area contributed by atoms with E-state index in [9.17, 15) is 14.9 Å². The lowest BCUT2D eigenvalue weighted by molar-refractivity contribution is -0.383. The molecule has 0 saturated carbocycles. The van der Waals surface area contributed by atoms with Gasteiger partial charge >= 0.3 is 5.69 Å². The van der Waals surface area contributed by atoms with Crippen LogP contribution in [0.5, 0.6) is 0 Å². The first kappa shape index (κ1) is 22.3. The molecule has 4 aromatic rings. The fourth-order valence-corrected chi connectivity index (χ4v) is 3.26. The summed E-state index contributed by atoms with van der Waals surface area (Å²) in [5.74, 6) is -0.0952. The fourth-order valence-electron chi connectivity index (χ4n) is 3.26. The lowest BCUT2D eigenvalue weighted by Gasteiger charge is -2.23. The molecule has 0 bridgehead atoms.